The normalized spacial score (nSPS) is 10.3. The van der Waals surface area contributed by atoms with E-state index in [0.29, 0.717) is 0 Å². The van der Waals surface area contributed by atoms with Crippen molar-refractivity contribution in [1.82, 2.24) is 4.98 Å². The van der Waals surface area contributed by atoms with Crippen molar-refractivity contribution in [3.63, 3.8) is 0 Å². The number of pyridine rings is 1. The standard InChI is InChI=1S/C10H9NOS/c1-12-8-5-7-3-2-4-11-10(7)9(13)6-8/h2-6,13H,1H3. The molecule has 0 amide bonds. The van der Waals surface area contributed by atoms with Crippen LogP contribution in [0.25, 0.3) is 10.9 Å². The maximum atomic E-state index is 5.13. The van der Waals surface area contributed by atoms with E-state index in [1.54, 1.807) is 13.3 Å². The van der Waals surface area contributed by atoms with E-state index in [4.69, 9.17) is 4.74 Å². The summed E-state index contributed by atoms with van der Waals surface area (Å²) in [6.45, 7) is 0. The SMILES string of the molecule is COc1cc(S)c2ncccc2c1. The van der Waals surface area contributed by atoms with E-state index in [1.807, 2.05) is 24.3 Å². The van der Waals surface area contributed by atoms with Gasteiger partial charge in [0.1, 0.15) is 5.75 Å². The third kappa shape index (κ3) is 1.47. The molecule has 1 aromatic carbocycles. The third-order valence-corrected chi connectivity index (χ3v) is 2.23. The number of ether oxygens (including phenoxy) is 1. The highest BCUT2D eigenvalue weighted by atomic mass is 32.1. The summed E-state index contributed by atoms with van der Waals surface area (Å²) in [7, 11) is 1.64. The Bertz CT molecular complexity index is 442. The van der Waals surface area contributed by atoms with Crippen molar-refractivity contribution >= 4 is 23.5 Å². The summed E-state index contributed by atoms with van der Waals surface area (Å²) < 4.78 is 5.13. The first-order valence-corrected chi connectivity index (χ1v) is 4.38. The lowest BCUT2D eigenvalue weighted by Gasteiger charge is -2.03. The monoisotopic (exact) mass is 191 g/mol. The lowest BCUT2D eigenvalue weighted by atomic mass is 10.2. The number of fused-ring (bicyclic) bond motifs is 1. The van der Waals surface area contributed by atoms with Crippen molar-refractivity contribution in [3.8, 4) is 5.75 Å². The summed E-state index contributed by atoms with van der Waals surface area (Å²) >= 11 is 4.33. The summed E-state index contributed by atoms with van der Waals surface area (Å²) in [4.78, 5) is 5.07. The van der Waals surface area contributed by atoms with E-state index in [9.17, 15) is 0 Å². The van der Waals surface area contributed by atoms with Crippen LogP contribution >= 0.6 is 12.6 Å². The van der Waals surface area contributed by atoms with Gasteiger partial charge in [-0.05, 0) is 18.2 Å². The number of hydrogen-bond acceptors (Lipinski definition) is 3. The number of benzene rings is 1. The molecule has 0 saturated carbocycles. The number of hydrogen-bond donors (Lipinski definition) is 1. The van der Waals surface area contributed by atoms with Gasteiger partial charge in [-0.15, -0.1) is 12.6 Å². The van der Waals surface area contributed by atoms with E-state index in [2.05, 4.69) is 17.6 Å². The van der Waals surface area contributed by atoms with Crippen LogP contribution in [-0.2, 0) is 0 Å². The van der Waals surface area contributed by atoms with Gasteiger partial charge in [-0.2, -0.15) is 0 Å². The maximum absolute atomic E-state index is 5.13. The molecule has 0 aliphatic heterocycles. The van der Waals surface area contributed by atoms with Crippen molar-refractivity contribution in [2.45, 2.75) is 4.90 Å². The van der Waals surface area contributed by atoms with Gasteiger partial charge in [0.05, 0.1) is 12.6 Å². The summed E-state index contributed by atoms with van der Waals surface area (Å²) in [5.41, 5.74) is 0.909. The van der Waals surface area contributed by atoms with E-state index in [-0.39, 0.29) is 0 Å². The zero-order chi connectivity index (χ0) is 9.26. The third-order valence-electron chi connectivity index (χ3n) is 1.89. The predicted octanol–water partition coefficient (Wildman–Crippen LogP) is 2.53. The quantitative estimate of drug-likeness (QED) is 0.700. The minimum Gasteiger partial charge on any atom is -0.497 e. The minimum atomic E-state index is 0.811. The molecule has 0 fully saturated rings. The van der Waals surface area contributed by atoms with Crippen LogP contribution in [0.4, 0.5) is 0 Å². The molecule has 0 aliphatic carbocycles. The number of rotatable bonds is 1. The van der Waals surface area contributed by atoms with Crippen LogP contribution in [0, 0.1) is 0 Å². The van der Waals surface area contributed by atoms with Crippen LogP contribution in [0.3, 0.4) is 0 Å². The number of methoxy groups -OCH3 is 1. The smallest absolute Gasteiger partial charge is 0.120 e. The van der Waals surface area contributed by atoms with Gasteiger partial charge in [0, 0.05) is 16.5 Å². The first-order chi connectivity index (χ1) is 6.31. The Labute approximate surface area is 82.0 Å². The molecule has 1 aromatic heterocycles. The lowest BCUT2D eigenvalue weighted by molar-refractivity contribution is 0.414. The van der Waals surface area contributed by atoms with Gasteiger partial charge in [-0.25, -0.2) is 0 Å². The van der Waals surface area contributed by atoms with E-state index < -0.39 is 0 Å². The molecule has 0 bridgehead atoms. The zero-order valence-corrected chi connectivity index (χ0v) is 8.08. The highest BCUT2D eigenvalue weighted by molar-refractivity contribution is 7.80. The highest BCUT2D eigenvalue weighted by Crippen LogP contribution is 2.25. The van der Waals surface area contributed by atoms with Gasteiger partial charge in [0.15, 0.2) is 0 Å². The Hall–Kier alpha value is -1.22. The van der Waals surface area contributed by atoms with Crippen molar-refractivity contribution in [1.29, 1.82) is 0 Å². The largest absolute Gasteiger partial charge is 0.497 e. The average molecular weight is 191 g/mol. The molecule has 0 atom stereocenters. The lowest BCUT2D eigenvalue weighted by Crippen LogP contribution is -1.85. The van der Waals surface area contributed by atoms with Crippen molar-refractivity contribution < 1.29 is 4.74 Å². The molecule has 66 valence electrons. The van der Waals surface area contributed by atoms with Crippen LogP contribution in [-0.4, -0.2) is 12.1 Å². The molecule has 2 rings (SSSR count). The van der Waals surface area contributed by atoms with E-state index in [1.165, 1.54) is 0 Å². The number of aromatic nitrogens is 1. The molecule has 0 aliphatic rings. The Kier molecular flexibility index (Phi) is 2.10. The molecular formula is C10H9NOS. The molecule has 2 aromatic rings. The summed E-state index contributed by atoms with van der Waals surface area (Å²) in [6.07, 6.45) is 1.76. The molecule has 1 heterocycles. The van der Waals surface area contributed by atoms with Crippen LogP contribution in [0.1, 0.15) is 0 Å². The summed E-state index contributed by atoms with van der Waals surface area (Å²) in [6, 6.07) is 7.69. The Morgan fingerprint density at radius 3 is 3.00 bits per heavy atom. The molecule has 2 nitrogen and oxygen atoms in total. The van der Waals surface area contributed by atoms with E-state index >= 15 is 0 Å². The summed E-state index contributed by atoms with van der Waals surface area (Å²) in [5.74, 6) is 0.811. The molecule has 13 heavy (non-hydrogen) atoms. The maximum Gasteiger partial charge on any atom is 0.120 e. The molecule has 3 heteroatoms. The molecule has 0 radical (unpaired) electrons. The molecule has 0 N–H and O–H groups in total. The highest BCUT2D eigenvalue weighted by Gasteiger charge is 2.01. The van der Waals surface area contributed by atoms with Gasteiger partial charge < -0.3 is 4.74 Å². The fourth-order valence-electron chi connectivity index (χ4n) is 1.26. The van der Waals surface area contributed by atoms with Crippen molar-refractivity contribution in [2.24, 2.45) is 0 Å². The summed E-state index contributed by atoms with van der Waals surface area (Å²) in [5, 5.41) is 1.05. The van der Waals surface area contributed by atoms with Gasteiger partial charge >= 0.3 is 0 Å². The zero-order valence-electron chi connectivity index (χ0n) is 7.19. The van der Waals surface area contributed by atoms with Crippen molar-refractivity contribution in [2.75, 3.05) is 7.11 Å². The van der Waals surface area contributed by atoms with Gasteiger partial charge in [-0.1, -0.05) is 6.07 Å². The van der Waals surface area contributed by atoms with Gasteiger partial charge in [0.25, 0.3) is 0 Å². The van der Waals surface area contributed by atoms with Crippen LogP contribution in [0.2, 0.25) is 0 Å². The molecular weight excluding hydrogens is 182 g/mol. The fourth-order valence-corrected chi connectivity index (χ4v) is 1.58. The van der Waals surface area contributed by atoms with Crippen LogP contribution in [0.15, 0.2) is 35.4 Å². The second kappa shape index (κ2) is 3.26. The average Bonchev–Trinajstić information content (AvgIpc) is 2.18. The van der Waals surface area contributed by atoms with Crippen LogP contribution in [0.5, 0.6) is 5.75 Å². The van der Waals surface area contributed by atoms with Crippen molar-refractivity contribution in [3.05, 3.63) is 30.5 Å². The molecule has 0 saturated heterocycles. The number of nitrogens with zero attached hydrogens (tertiary/aromatic N) is 1. The second-order valence-electron chi connectivity index (χ2n) is 2.72. The minimum absolute atomic E-state index is 0.811. The Balaban J connectivity index is 2.77. The van der Waals surface area contributed by atoms with E-state index in [0.717, 1.165) is 21.5 Å². The van der Waals surface area contributed by atoms with Gasteiger partial charge in [0.2, 0.25) is 0 Å². The first kappa shape index (κ1) is 8.38. The first-order valence-electron chi connectivity index (χ1n) is 3.93. The Morgan fingerprint density at radius 1 is 1.38 bits per heavy atom. The fraction of sp³-hybridized carbons (Fsp3) is 0.100. The van der Waals surface area contributed by atoms with Gasteiger partial charge in [-0.3, -0.25) is 4.98 Å². The van der Waals surface area contributed by atoms with Crippen LogP contribution < -0.4 is 4.74 Å². The number of thiol groups is 1. The topological polar surface area (TPSA) is 22.1 Å². The molecule has 0 unspecified atom stereocenters. The predicted molar refractivity (Wildman–Crippen MR) is 55.5 cm³/mol. The molecule has 0 spiro atoms. The Morgan fingerprint density at radius 2 is 2.23 bits per heavy atom. The second-order valence-corrected chi connectivity index (χ2v) is 3.20.